The van der Waals surface area contributed by atoms with E-state index in [9.17, 15) is 38.7 Å². The zero-order chi connectivity index (χ0) is 29.8. The maximum atomic E-state index is 12.9. The fourth-order valence-corrected chi connectivity index (χ4v) is 3.97. The van der Waals surface area contributed by atoms with Gasteiger partial charge in [0.15, 0.2) is 5.78 Å². The number of nitrogens with one attached hydrogen (secondary N) is 2. The maximum absolute atomic E-state index is 12.9. The molecule has 2 aromatic carbocycles. The van der Waals surface area contributed by atoms with Gasteiger partial charge in [-0.25, -0.2) is 19.0 Å². The molecule has 41 heavy (non-hydrogen) atoms. The zero-order valence-electron chi connectivity index (χ0n) is 20.7. The second kappa shape index (κ2) is 11.3. The van der Waals surface area contributed by atoms with Gasteiger partial charge in [0.25, 0.3) is 11.5 Å². The standard InChI is InChI=1S/C28H19N3O10/c32-21-18(22(33)29-24(35)20(21)14-6-8-15(9-7-14)26(37)38)4-2-1-3-5-19-23(34)30-28(41)31(25(19)36)17-12-10-16(11-13-17)27(39)40/h1-13,20,36H,(H,37,38)(H,39,40)(H,29,33,35)(H,30,34,41)/b2-1+,5-3+,18-4-. The molecule has 2 amide bonds. The number of carboxylic acids is 2. The summed E-state index contributed by atoms with van der Waals surface area (Å²) >= 11 is 0. The molecule has 206 valence electrons. The zero-order valence-corrected chi connectivity index (χ0v) is 20.7. The molecule has 2 heterocycles. The molecular weight excluding hydrogens is 538 g/mol. The van der Waals surface area contributed by atoms with Crippen LogP contribution in [0.25, 0.3) is 11.8 Å². The van der Waals surface area contributed by atoms with Gasteiger partial charge in [-0.2, -0.15) is 0 Å². The van der Waals surface area contributed by atoms with E-state index in [1.54, 1.807) is 0 Å². The fraction of sp³-hybridized carbons (Fsp3) is 0.0357. The molecule has 1 aromatic heterocycles. The summed E-state index contributed by atoms with van der Waals surface area (Å²) in [4.78, 5) is 86.3. The van der Waals surface area contributed by atoms with Gasteiger partial charge in [-0.15, -0.1) is 0 Å². The van der Waals surface area contributed by atoms with Crippen molar-refractivity contribution in [3.05, 3.63) is 122 Å². The monoisotopic (exact) mass is 557 g/mol. The summed E-state index contributed by atoms with van der Waals surface area (Å²) in [7, 11) is 0. The van der Waals surface area contributed by atoms with Crippen LogP contribution in [0.15, 0.2) is 88.0 Å². The van der Waals surface area contributed by atoms with Crippen LogP contribution in [0, 0.1) is 0 Å². The van der Waals surface area contributed by atoms with Crippen molar-refractivity contribution >= 4 is 35.6 Å². The van der Waals surface area contributed by atoms with Gasteiger partial charge in [-0.05, 0) is 54.1 Å². The highest BCUT2D eigenvalue weighted by Crippen LogP contribution is 2.25. The maximum Gasteiger partial charge on any atom is 0.335 e. The number of carbonyl (C=O) groups is 5. The third-order valence-corrected chi connectivity index (χ3v) is 6.00. The Labute approximate surface area is 229 Å². The van der Waals surface area contributed by atoms with Gasteiger partial charge in [0.05, 0.1) is 22.4 Å². The summed E-state index contributed by atoms with van der Waals surface area (Å²) < 4.78 is 0.767. The van der Waals surface area contributed by atoms with E-state index in [0.717, 1.165) is 16.7 Å². The third kappa shape index (κ3) is 5.68. The molecule has 0 saturated carbocycles. The molecule has 1 unspecified atom stereocenters. The number of aromatic nitrogens is 2. The first kappa shape index (κ1) is 27.9. The number of rotatable bonds is 7. The van der Waals surface area contributed by atoms with Gasteiger partial charge in [-0.1, -0.05) is 30.4 Å². The van der Waals surface area contributed by atoms with Crippen molar-refractivity contribution in [2.75, 3.05) is 0 Å². The van der Waals surface area contributed by atoms with Gasteiger partial charge in [-0.3, -0.25) is 29.5 Å². The van der Waals surface area contributed by atoms with Gasteiger partial charge in [0.2, 0.25) is 11.8 Å². The van der Waals surface area contributed by atoms with Gasteiger partial charge >= 0.3 is 17.6 Å². The van der Waals surface area contributed by atoms with Crippen LogP contribution in [-0.4, -0.2) is 54.4 Å². The number of Topliss-reactive ketones (excluding diaryl/α,β-unsaturated/α-hetero) is 1. The molecule has 1 atom stereocenters. The topological polar surface area (TPSA) is 213 Å². The quantitative estimate of drug-likeness (QED) is 0.0918. The minimum Gasteiger partial charge on any atom is -0.494 e. The Bertz CT molecular complexity index is 1810. The lowest BCUT2D eigenvalue weighted by Crippen LogP contribution is -2.46. The van der Waals surface area contributed by atoms with E-state index >= 15 is 0 Å². The number of allylic oxidation sites excluding steroid dienone is 4. The highest BCUT2D eigenvalue weighted by atomic mass is 16.4. The lowest BCUT2D eigenvalue weighted by Gasteiger charge is -2.22. The minimum absolute atomic E-state index is 0.0460. The van der Waals surface area contributed by atoms with E-state index in [-0.39, 0.29) is 33.5 Å². The number of carbonyl (C=O) groups excluding carboxylic acids is 3. The van der Waals surface area contributed by atoms with E-state index in [0.29, 0.717) is 0 Å². The smallest absolute Gasteiger partial charge is 0.335 e. The molecule has 1 aliphatic heterocycles. The van der Waals surface area contributed by atoms with Crippen molar-refractivity contribution in [2.45, 2.75) is 5.92 Å². The number of imide groups is 1. The normalized spacial score (nSPS) is 16.4. The Kier molecular flexibility index (Phi) is 7.71. The van der Waals surface area contributed by atoms with E-state index in [2.05, 4.69) is 5.32 Å². The summed E-state index contributed by atoms with van der Waals surface area (Å²) in [6, 6.07) is 10.0. The molecule has 1 aliphatic rings. The molecule has 0 spiro atoms. The number of nitrogens with zero attached hydrogens (tertiary/aromatic N) is 1. The molecule has 3 aromatic rings. The Balaban J connectivity index is 1.58. The Hall–Kier alpha value is -6.11. The number of benzene rings is 2. The Morgan fingerprint density at radius 2 is 1.39 bits per heavy atom. The first-order valence-corrected chi connectivity index (χ1v) is 11.7. The lowest BCUT2D eigenvalue weighted by molar-refractivity contribution is -0.136. The number of carboxylic acid groups (broad SMARTS) is 2. The van der Waals surface area contributed by atoms with Crippen LogP contribution in [0.1, 0.15) is 37.8 Å². The summed E-state index contributed by atoms with van der Waals surface area (Å²) in [6.45, 7) is 0. The highest BCUT2D eigenvalue weighted by molar-refractivity contribution is 6.34. The number of ketones is 1. The second-order valence-electron chi connectivity index (χ2n) is 8.55. The number of aromatic hydroxyl groups is 1. The number of aromatic carboxylic acids is 2. The average Bonchev–Trinajstić information content (AvgIpc) is 2.92. The third-order valence-electron chi connectivity index (χ3n) is 6.00. The Morgan fingerprint density at radius 1 is 0.805 bits per heavy atom. The first-order valence-electron chi connectivity index (χ1n) is 11.7. The molecule has 4 rings (SSSR count). The molecule has 5 N–H and O–H groups in total. The van der Waals surface area contributed by atoms with Gasteiger partial charge in [0, 0.05) is 0 Å². The van der Waals surface area contributed by atoms with Crippen LogP contribution in [0.4, 0.5) is 0 Å². The molecule has 0 bridgehead atoms. The number of hydrogen-bond donors (Lipinski definition) is 5. The van der Waals surface area contributed by atoms with Crippen molar-refractivity contribution in [3.63, 3.8) is 0 Å². The van der Waals surface area contributed by atoms with Gasteiger partial charge < -0.3 is 15.3 Å². The summed E-state index contributed by atoms with van der Waals surface area (Å²) in [5, 5.41) is 30.8. The van der Waals surface area contributed by atoms with Crippen molar-refractivity contribution in [1.29, 1.82) is 0 Å². The second-order valence-corrected chi connectivity index (χ2v) is 8.55. The fourth-order valence-electron chi connectivity index (χ4n) is 3.97. The summed E-state index contributed by atoms with van der Waals surface area (Å²) in [5.41, 5.74) is -2.35. The molecule has 1 saturated heterocycles. The number of aromatic amines is 1. The van der Waals surface area contributed by atoms with Crippen LogP contribution < -0.4 is 16.6 Å². The van der Waals surface area contributed by atoms with E-state index in [1.165, 1.54) is 66.8 Å². The molecule has 13 nitrogen and oxygen atoms in total. The molecule has 0 aliphatic carbocycles. The lowest BCUT2D eigenvalue weighted by atomic mass is 9.86. The summed E-state index contributed by atoms with van der Waals surface area (Å²) in [6.07, 6.45) is 6.17. The Morgan fingerprint density at radius 3 is 1.98 bits per heavy atom. The van der Waals surface area contributed by atoms with E-state index in [4.69, 9.17) is 10.2 Å². The van der Waals surface area contributed by atoms with Crippen molar-refractivity contribution < 1.29 is 39.3 Å². The van der Waals surface area contributed by atoms with Crippen molar-refractivity contribution in [3.8, 4) is 11.6 Å². The van der Waals surface area contributed by atoms with Gasteiger partial charge in [0.1, 0.15) is 11.5 Å². The van der Waals surface area contributed by atoms with Crippen LogP contribution in [0.3, 0.4) is 0 Å². The minimum atomic E-state index is -1.37. The SMILES string of the molecule is O=C1NC(=O)C(c2ccc(C(=O)O)cc2)C(=O)/C1=C/C=C/C=C/c1c(O)n(-c2ccc(C(=O)O)cc2)c(=O)[nH]c1=O. The number of amides is 2. The number of hydrogen-bond acceptors (Lipinski definition) is 8. The van der Waals surface area contributed by atoms with Crippen LogP contribution in [0.5, 0.6) is 5.88 Å². The van der Waals surface area contributed by atoms with E-state index < -0.39 is 52.6 Å². The number of piperidine rings is 1. The predicted octanol–water partition coefficient (Wildman–Crippen LogP) is 1.13. The first-order chi connectivity index (χ1) is 19.5. The predicted molar refractivity (Wildman–Crippen MR) is 142 cm³/mol. The van der Waals surface area contributed by atoms with Crippen molar-refractivity contribution in [1.82, 2.24) is 14.9 Å². The highest BCUT2D eigenvalue weighted by Gasteiger charge is 2.39. The average molecular weight is 557 g/mol. The van der Waals surface area contributed by atoms with Crippen LogP contribution >= 0.6 is 0 Å². The van der Waals surface area contributed by atoms with Crippen molar-refractivity contribution in [2.24, 2.45) is 0 Å². The molecule has 0 radical (unpaired) electrons. The van der Waals surface area contributed by atoms with Crippen LogP contribution in [0.2, 0.25) is 0 Å². The molecule has 1 fully saturated rings. The van der Waals surface area contributed by atoms with E-state index in [1.807, 2.05) is 4.98 Å². The molecule has 13 heteroatoms. The summed E-state index contributed by atoms with van der Waals surface area (Å²) in [5.74, 6) is -7.05. The van der Waals surface area contributed by atoms with Crippen LogP contribution in [-0.2, 0) is 14.4 Å². The largest absolute Gasteiger partial charge is 0.494 e. The molecular formula is C28H19N3O10. The number of H-pyrrole nitrogens is 1.